The van der Waals surface area contributed by atoms with Gasteiger partial charge in [0.2, 0.25) is 0 Å². The van der Waals surface area contributed by atoms with Gasteiger partial charge in [0.15, 0.2) is 0 Å². The predicted octanol–water partition coefficient (Wildman–Crippen LogP) is 0.947. The molecular weight excluding hydrogens is 140 g/mol. The summed E-state index contributed by atoms with van der Waals surface area (Å²) in [4.78, 5) is 0. The molecule has 1 heterocycles. The molecule has 1 aliphatic rings. The van der Waals surface area contributed by atoms with E-state index in [4.69, 9.17) is 0 Å². The van der Waals surface area contributed by atoms with Crippen molar-refractivity contribution in [2.75, 3.05) is 13.1 Å². The Bertz CT molecular complexity index is 138. The first-order valence-corrected chi connectivity index (χ1v) is 4.04. The fourth-order valence-corrected chi connectivity index (χ4v) is 1.64. The summed E-state index contributed by atoms with van der Waals surface area (Å²) >= 11 is 0. The van der Waals surface area contributed by atoms with Crippen molar-refractivity contribution >= 4 is 0 Å². The zero-order valence-corrected chi connectivity index (χ0v) is 7.77. The van der Waals surface area contributed by atoms with Crippen LogP contribution in [-0.4, -0.2) is 29.2 Å². The molecule has 0 atom stereocenters. The van der Waals surface area contributed by atoms with Crippen LogP contribution in [0.5, 0.6) is 0 Å². The number of rotatable bonds is 0. The second kappa shape index (κ2) is 2.44. The molecule has 0 unspecified atom stereocenters. The third-order valence-corrected chi connectivity index (χ3v) is 2.21. The van der Waals surface area contributed by atoms with Crippen LogP contribution in [0.3, 0.4) is 0 Å². The van der Waals surface area contributed by atoms with Gasteiger partial charge in [0.05, 0.1) is 0 Å². The summed E-state index contributed by atoms with van der Waals surface area (Å²) in [5.41, 5.74) is -0.524. The first kappa shape index (κ1) is 8.97. The minimum atomic E-state index is -0.262. The minimum absolute atomic E-state index is 0.262. The lowest BCUT2D eigenvalue weighted by molar-refractivity contribution is 0.0347. The standard InChI is InChI=1S/C8H17N2O/c1-7(2)5-9-6-8(3,4)10(7)11/h9H,5-6H2,1-4H3/q-1. The van der Waals surface area contributed by atoms with Crippen molar-refractivity contribution in [2.24, 2.45) is 0 Å². The topological polar surface area (TPSA) is 38.3 Å². The molecule has 0 saturated carbocycles. The second-order valence-corrected chi connectivity index (χ2v) is 4.52. The Hall–Kier alpha value is -0.120. The summed E-state index contributed by atoms with van der Waals surface area (Å²) in [6, 6.07) is 0. The summed E-state index contributed by atoms with van der Waals surface area (Å²) < 4.78 is 0. The molecule has 11 heavy (non-hydrogen) atoms. The van der Waals surface area contributed by atoms with E-state index < -0.39 is 0 Å². The molecule has 3 nitrogen and oxygen atoms in total. The fourth-order valence-electron chi connectivity index (χ4n) is 1.64. The van der Waals surface area contributed by atoms with E-state index >= 15 is 0 Å². The summed E-state index contributed by atoms with van der Waals surface area (Å²) in [6.07, 6.45) is 0. The number of hydroxylamine groups is 2. The van der Waals surface area contributed by atoms with Gasteiger partial charge in [0.1, 0.15) is 0 Å². The molecule has 1 fully saturated rings. The normalized spacial score (nSPS) is 30.3. The SMILES string of the molecule is CC1(C)CNCC(C)(C)N1[O-]. The maximum Gasteiger partial charge on any atom is 0.0164 e. The van der Waals surface area contributed by atoms with E-state index in [-0.39, 0.29) is 11.1 Å². The Morgan fingerprint density at radius 1 is 1.09 bits per heavy atom. The maximum atomic E-state index is 11.6. The molecule has 1 saturated heterocycles. The third kappa shape index (κ3) is 1.55. The number of nitrogens with zero attached hydrogens (tertiary/aromatic N) is 1. The number of piperazine rings is 1. The van der Waals surface area contributed by atoms with Crippen LogP contribution < -0.4 is 5.32 Å². The average Bonchev–Trinajstić information content (AvgIpc) is 1.82. The monoisotopic (exact) mass is 157 g/mol. The molecule has 66 valence electrons. The third-order valence-electron chi connectivity index (χ3n) is 2.21. The summed E-state index contributed by atoms with van der Waals surface area (Å²) in [5.74, 6) is 0. The van der Waals surface area contributed by atoms with Crippen molar-refractivity contribution in [1.82, 2.24) is 10.4 Å². The number of hydrogen-bond donors (Lipinski definition) is 1. The molecule has 0 amide bonds. The van der Waals surface area contributed by atoms with Crippen LogP contribution in [-0.2, 0) is 0 Å². The summed E-state index contributed by atoms with van der Waals surface area (Å²) in [6.45, 7) is 9.42. The van der Waals surface area contributed by atoms with Gasteiger partial charge in [-0.15, -0.1) is 0 Å². The van der Waals surface area contributed by atoms with E-state index in [0.29, 0.717) is 0 Å². The Morgan fingerprint density at radius 2 is 1.45 bits per heavy atom. The molecule has 0 aromatic carbocycles. The maximum absolute atomic E-state index is 11.6. The molecule has 1 aliphatic heterocycles. The highest BCUT2D eigenvalue weighted by atomic mass is 16.5. The van der Waals surface area contributed by atoms with Crippen molar-refractivity contribution in [3.8, 4) is 0 Å². The van der Waals surface area contributed by atoms with E-state index in [0.717, 1.165) is 13.1 Å². The molecule has 0 aliphatic carbocycles. The van der Waals surface area contributed by atoms with Crippen molar-refractivity contribution in [2.45, 2.75) is 38.8 Å². The highest BCUT2D eigenvalue weighted by Gasteiger charge is 2.34. The Labute approximate surface area is 68.3 Å². The van der Waals surface area contributed by atoms with Gasteiger partial charge in [0, 0.05) is 24.2 Å². The summed E-state index contributed by atoms with van der Waals surface area (Å²) in [7, 11) is 0. The fraction of sp³-hybridized carbons (Fsp3) is 1.00. The zero-order valence-electron chi connectivity index (χ0n) is 7.77. The smallest absolute Gasteiger partial charge is 0.0164 e. The lowest BCUT2D eigenvalue weighted by atomic mass is 9.92. The van der Waals surface area contributed by atoms with Crippen molar-refractivity contribution in [3.05, 3.63) is 5.21 Å². The van der Waals surface area contributed by atoms with E-state index in [1.165, 1.54) is 5.06 Å². The predicted molar refractivity (Wildman–Crippen MR) is 46.2 cm³/mol. The van der Waals surface area contributed by atoms with Gasteiger partial charge in [-0.2, -0.15) is 0 Å². The van der Waals surface area contributed by atoms with Gasteiger partial charge in [-0.25, -0.2) is 0 Å². The average molecular weight is 157 g/mol. The van der Waals surface area contributed by atoms with E-state index in [1.54, 1.807) is 0 Å². The quantitative estimate of drug-likeness (QED) is 0.569. The highest BCUT2D eigenvalue weighted by molar-refractivity contribution is 4.99. The van der Waals surface area contributed by atoms with Gasteiger partial charge in [0.25, 0.3) is 0 Å². The van der Waals surface area contributed by atoms with Gasteiger partial charge >= 0.3 is 0 Å². The minimum Gasteiger partial charge on any atom is -0.784 e. The van der Waals surface area contributed by atoms with Gasteiger partial charge in [-0.1, -0.05) is 0 Å². The lowest BCUT2D eigenvalue weighted by Crippen LogP contribution is -2.65. The van der Waals surface area contributed by atoms with E-state index in [1.807, 2.05) is 27.7 Å². The Balaban J connectivity index is 2.76. The molecular formula is C8H17N2O-. The van der Waals surface area contributed by atoms with Crippen LogP contribution in [0.2, 0.25) is 0 Å². The molecule has 0 radical (unpaired) electrons. The van der Waals surface area contributed by atoms with E-state index in [2.05, 4.69) is 5.32 Å². The van der Waals surface area contributed by atoms with Crippen LogP contribution in [0.15, 0.2) is 0 Å². The van der Waals surface area contributed by atoms with Crippen LogP contribution in [0.4, 0.5) is 0 Å². The molecule has 0 bridgehead atoms. The van der Waals surface area contributed by atoms with Crippen LogP contribution >= 0.6 is 0 Å². The largest absolute Gasteiger partial charge is 0.784 e. The van der Waals surface area contributed by atoms with E-state index in [9.17, 15) is 5.21 Å². The lowest BCUT2D eigenvalue weighted by Gasteiger charge is -2.58. The van der Waals surface area contributed by atoms with Crippen molar-refractivity contribution < 1.29 is 0 Å². The first-order chi connectivity index (χ1) is 4.86. The number of hydrogen-bond acceptors (Lipinski definition) is 3. The van der Waals surface area contributed by atoms with Crippen molar-refractivity contribution in [3.63, 3.8) is 0 Å². The molecule has 1 rings (SSSR count). The van der Waals surface area contributed by atoms with Crippen LogP contribution in [0.1, 0.15) is 27.7 Å². The second-order valence-electron chi connectivity index (χ2n) is 4.52. The molecule has 0 aromatic heterocycles. The first-order valence-electron chi connectivity index (χ1n) is 4.04. The van der Waals surface area contributed by atoms with Gasteiger partial charge < -0.3 is 15.6 Å². The highest BCUT2D eigenvalue weighted by Crippen LogP contribution is 2.26. The molecule has 0 spiro atoms. The number of nitrogens with one attached hydrogen (secondary N) is 1. The zero-order chi connectivity index (χ0) is 8.70. The van der Waals surface area contributed by atoms with Crippen LogP contribution in [0, 0.1) is 5.21 Å². The molecule has 0 aromatic rings. The molecule has 3 heteroatoms. The van der Waals surface area contributed by atoms with Crippen molar-refractivity contribution in [1.29, 1.82) is 0 Å². The Kier molecular flexibility index (Phi) is 1.99. The van der Waals surface area contributed by atoms with Gasteiger partial charge in [-0.05, 0) is 27.7 Å². The summed E-state index contributed by atoms with van der Waals surface area (Å²) in [5, 5.41) is 16.1. The molecule has 1 N–H and O–H groups in total. The Morgan fingerprint density at radius 3 is 1.73 bits per heavy atom. The van der Waals surface area contributed by atoms with Gasteiger partial charge in [-0.3, -0.25) is 0 Å². The van der Waals surface area contributed by atoms with Crippen LogP contribution in [0.25, 0.3) is 0 Å².